The maximum Gasteiger partial charge on any atom is 0.306 e. The lowest BCUT2D eigenvalue weighted by molar-refractivity contribution is -0.143. The van der Waals surface area contributed by atoms with Crippen molar-refractivity contribution in [3.05, 3.63) is 29.8 Å². The van der Waals surface area contributed by atoms with E-state index in [-0.39, 0.29) is 29.1 Å². The van der Waals surface area contributed by atoms with Crippen LogP contribution >= 0.6 is 0 Å². The van der Waals surface area contributed by atoms with Crippen LogP contribution in [0.5, 0.6) is 0 Å². The van der Waals surface area contributed by atoms with Gasteiger partial charge in [-0.25, -0.2) is 0 Å². The molecule has 1 aliphatic carbocycles. The minimum Gasteiger partial charge on any atom is -0.481 e. The molecule has 1 heterocycles. The quantitative estimate of drug-likeness (QED) is 0.847. The van der Waals surface area contributed by atoms with Crippen LogP contribution < -0.4 is 5.32 Å². The number of hydrogen-bond donors (Lipinski definition) is 2. The lowest BCUT2D eigenvalue weighted by Gasteiger charge is -2.30. The van der Waals surface area contributed by atoms with Crippen molar-refractivity contribution in [3.63, 3.8) is 0 Å². The molecule has 2 atom stereocenters. The van der Waals surface area contributed by atoms with Crippen LogP contribution in [0.15, 0.2) is 24.3 Å². The van der Waals surface area contributed by atoms with Crippen LogP contribution in [0.2, 0.25) is 0 Å². The number of piperidine rings is 1. The summed E-state index contributed by atoms with van der Waals surface area (Å²) in [6.07, 6.45) is 2.91. The minimum atomic E-state index is -0.785. The Morgan fingerprint density at radius 1 is 1.19 bits per heavy atom. The Labute approximate surface area is 153 Å². The molecule has 1 aromatic rings. The summed E-state index contributed by atoms with van der Waals surface area (Å²) in [5.41, 5.74) is 1.38. The molecule has 0 spiro atoms. The summed E-state index contributed by atoms with van der Waals surface area (Å²) < 4.78 is 0. The van der Waals surface area contributed by atoms with Gasteiger partial charge in [0.1, 0.15) is 0 Å². The zero-order chi connectivity index (χ0) is 18.9. The van der Waals surface area contributed by atoms with Gasteiger partial charge >= 0.3 is 5.97 Å². The van der Waals surface area contributed by atoms with Gasteiger partial charge in [-0.3, -0.25) is 14.4 Å². The zero-order valence-electron chi connectivity index (χ0n) is 15.3. The van der Waals surface area contributed by atoms with E-state index < -0.39 is 5.97 Å². The van der Waals surface area contributed by atoms with Crippen molar-refractivity contribution in [3.8, 4) is 0 Å². The second-order valence-corrected chi connectivity index (χ2v) is 7.74. The van der Waals surface area contributed by atoms with E-state index in [2.05, 4.69) is 19.2 Å². The van der Waals surface area contributed by atoms with E-state index >= 15 is 0 Å². The number of carbonyl (C=O) groups is 3. The fourth-order valence-corrected chi connectivity index (χ4v) is 3.64. The number of nitrogens with zero attached hydrogens (tertiary/aromatic N) is 1. The number of rotatable bonds is 5. The van der Waals surface area contributed by atoms with Crippen molar-refractivity contribution < 1.29 is 19.5 Å². The number of benzene rings is 1. The van der Waals surface area contributed by atoms with E-state index in [4.69, 9.17) is 5.11 Å². The van der Waals surface area contributed by atoms with Crippen LogP contribution in [0.4, 0.5) is 5.69 Å². The molecule has 2 N–H and O–H groups in total. The van der Waals surface area contributed by atoms with Gasteiger partial charge in [0.15, 0.2) is 0 Å². The van der Waals surface area contributed by atoms with Gasteiger partial charge in [0.2, 0.25) is 5.91 Å². The first-order valence-electron chi connectivity index (χ1n) is 9.27. The van der Waals surface area contributed by atoms with Crippen LogP contribution in [0.25, 0.3) is 0 Å². The van der Waals surface area contributed by atoms with Crippen molar-refractivity contribution >= 4 is 23.5 Å². The maximum absolute atomic E-state index is 12.5. The third-order valence-electron chi connectivity index (χ3n) is 6.01. The Morgan fingerprint density at radius 2 is 1.81 bits per heavy atom. The SMILES string of the molecule is CCC1(C)CC1C(=O)Nc1ccc(C(=O)N2CCC(C(=O)O)CC2)cc1. The van der Waals surface area contributed by atoms with Crippen LogP contribution in [-0.2, 0) is 9.59 Å². The maximum atomic E-state index is 12.5. The van der Waals surface area contributed by atoms with Crippen molar-refractivity contribution in [2.45, 2.75) is 39.5 Å². The topological polar surface area (TPSA) is 86.7 Å². The lowest BCUT2D eigenvalue weighted by Crippen LogP contribution is -2.40. The van der Waals surface area contributed by atoms with Crippen molar-refractivity contribution in [2.24, 2.45) is 17.3 Å². The average Bonchev–Trinajstić information content (AvgIpc) is 3.34. The summed E-state index contributed by atoms with van der Waals surface area (Å²) in [7, 11) is 0. The largest absolute Gasteiger partial charge is 0.481 e. The molecule has 140 valence electrons. The summed E-state index contributed by atoms with van der Waals surface area (Å²) in [5.74, 6) is -1.11. The van der Waals surface area contributed by atoms with Crippen molar-refractivity contribution in [1.29, 1.82) is 0 Å². The van der Waals surface area contributed by atoms with Crippen LogP contribution in [0.3, 0.4) is 0 Å². The Hall–Kier alpha value is -2.37. The molecule has 0 bridgehead atoms. The monoisotopic (exact) mass is 358 g/mol. The Balaban J connectivity index is 1.55. The average molecular weight is 358 g/mol. The van der Waals surface area contributed by atoms with Crippen molar-refractivity contribution in [1.82, 2.24) is 4.90 Å². The predicted octanol–water partition coefficient (Wildman–Crippen LogP) is 3.00. The molecule has 2 fully saturated rings. The fourth-order valence-electron chi connectivity index (χ4n) is 3.64. The number of amides is 2. The van der Waals surface area contributed by atoms with E-state index in [1.54, 1.807) is 29.2 Å². The lowest BCUT2D eigenvalue weighted by atomic mass is 9.96. The highest BCUT2D eigenvalue weighted by molar-refractivity contribution is 5.97. The highest BCUT2D eigenvalue weighted by Gasteiger charge is 2.52. The highest BCUT2D eigenvalue weighted by atomic mass is 16.4. The molecule has 26 heavy (non-hydrogen) atoms. The first-order chi connectivity index (χ1) is 12.3. The minimum absolute atomic E-state index is 0.0455. The molecule has 1 saturated heterocycles. The molecule has 1 saturated carbocycles. The number of aliphatic carboxylic acids is 1. The molecular weight excluding hydrogens is 332 g/mol. The number of carbonyl (C=O) groups excluding carboxylic acids is 2. The van der Waals surface area contributed by atoms with E-state index in [1.807, 2.05) is 0 Å². The van der Waals surface area contributed by atoms with Gasteiger partial charge in [-0.15, -0.1) is 0 Å². The molecular formula is C20H26N2O4. The number of anilines is 1. The van der Waals surface area contributed by atoms with Crippen LogP contribution in [-0.4, -0.2) is 40.9 Å². The van der Waals surface area contributed by atoms with Crippen LogP contribution in [0, 0.1) is 17.3 Å². The third kappa shape index (κ3) is 3.74. The van der Waals surface area contributed by atoms with Crippen LogP contribution in [0.1, 0.15) is 49.9 Å². The highest BCUT2D eigenvalue weighted by Crippen LogP contribution is 2.55. The van der Waals surface area contributed by atoms with Crippen molar-refractivity contribution in [2.75, 3.05) is 18.4 Å². The van der Waals surface area contributed by atoms with Gasteiger partial charge in [0.25, 0.3) is 5.91 Å². The Kier molecular flexibility index (Phi) is 5.03. The van der Waals surface area contributed by atoms with Gasteiger partial charge < -0.3 is 15.3 Å². The van der Waals surface area contributed by atoms with Gasteiger partial charge in [-0.05, 0) is 55.4 Å². The fraction of sp³-hybridized carbons (Fsp3) is 0.550. The number of carboxylic acid groups (broad SMARTS) is 1. The molecule has 1 aromatic carbocycles. The molecule has 0 radical (unpaired) electrons. The van der Waals surface area contributed by atoms with Gasteiger partial charge in [0.05, 0.1) is 5.92 Å². The van der Waals surface area contributed by atoms with Gasteiger partial charge in [-0.1, -0.05) is 13.8 Å². The van der Waals surface area contributed by atoms with E-state index in [0.717, 1.165) is 12.8 Å². The van der Waals surface area contributed by atoms with Gasteiger partial charge in [-0.2, -0.15) is 0 Å². The number of likely N-dealkylation sites (tertiary alicyclic amines) is 1. The number of carboxylic acids is 1. The molecule has 2 amide bonds. The summed E-state index contributed by atoms with van der Waals surface area (Å²) in [4.78, 5) is 37.5. The second-order valence-electron chi connectivity index (χ2n) is 7.74. The third-order valence-corrected chi connectivity index (χ3v) is 6.01. The molecule has 2 aliphatic rings. The summed E-state index contributed by atoms with van der Waals surface area (Å²) >= 11 is 0. The predicted molar refractivity (Wildman–Crippen MR) is 97.8 cm³/mol. The van der Waals surface area contributed by atoms with Gasteiger partial charge in [0, 0.05) is 30.3 Å². The first-order valence-corrected chi connectivity index (χ1v) is 9.27. The van der Waals surface area contributed by atoms with E-state index in [9.17, 15) is 14.4 Å². The molecule has 1 aliphatic heterocycles. The Bertz CT molecular complexity index is 707. The Morgan fingerprint density at radius 3 is 2.31 bits per heavy atom. The smallest absolute Gasteiger partial charge is 0.306 e. The molecule has 0 aromatic heterocycles. The number of hydrogen-bond acceptors (Lipinski definition) is 3. The molecule has 2 unspecified atom stereocenters. The van der Waals surface area contributed by atoms with E-state index in [1.165, 1.54) is 0 Å². The molecule has 6 nitrogen and oxygen atoms in total. The van der Waals surface area contributed by atoms with E-state index in [0.29, 0.717) is 37.2 Å². The standard InChI is InChI=1S/C20H26N2O4/c1-3-20(2)12-16(20)17(23)21-15-6-4-13(5-7-15)18(24)22-10-8-14(9-11-22)19(25)26/h4-7,14,16H,3,8-12H2,1-2H3,(H,21,23)(H,25,26). The number of nitrogens with one attached hydrogen (secondary N) is 1. The first kappa shape index (κ1) is 18.4. The molecule has 6 heteroatoms. The molecule has 3 rings (SSSR count). The normalized spacial score (nSPS) is 25.6. The summed E-state index contributed by atoms with van der Waals surface area (Å²) in [6, 6.07) is 6.93. The summed E-state index contributed by atoms with van der Waals surface area (Å²) in [6.45, 7) is 5.16. The second kappa shape index (κ2) is 7.09. The summed E-state index contributed by atoms with van der Waals surface area (Å²) in [5, 5.41) is 12.0. The zero-order valence-corrected chi connectivity index (χ0v) is 15.3.